The van der Waals surface area contributed by atoms with Gasteiger partial charge in [-0.15, -0.1) is 10.2 Å². The standard InChI is InChI=1S/C24H29N5/c1-2-29(28-17-11-3-4-12-18-28)24-22(19-20-13-7-5-8-14-20)25-23(26-27-24)21-15-9-6-10-16-21/h5-10,13-16H,2-4,11-12,17-19H2,1H3. The Bertz CT molecular complexity index is 890. The molecular weight excluding hydrogens is 358 g/mol. The van der Waals surface area contributed by atoms with Crippen LogP contribution < -0.4 is 5.01 Å². The summed E-state index contributed by atoms with van der Waals surface area (Å²) in [7, 11) is 0. The number of hydrogen-bond acceptors (Lipinski definition) is 5. The predicted molar refractivity (Wildman–Crippen MR) is 118 cm³/mol. The molecule has 2 aromatic carbocycles. The van der Waals surface area contributed by atoms with Crippen molar-refractivity contribution >= 4 is 5.82 Å². The van der Waals surface area contributed by atoms with E-state index < -0.39 is 0 Å². The molecule has 0 saturated carbocycles. The van der Waals surface area contributed by atoms with Gasteiger partial charge >= 0.3 is 0 Å². The summed E-state index contributed by atoms with van der Waals surface area (Å²) in [4.78, 5) is 4.98. The van der Waals surface area contributed by atoms with E-state index >= 15 is 0 Å². The molecule has 0 N–H and O–H groups in total. The maximum Gasteiger partial charge on any atom is 0.187 e. The van der Waals surface area contributed by atoms with Gasteiger partial charge in [-0.3, -0.25) is 5.01 Å². The minimum Gasteiger partial charge on any atom is -0.287 e. The molecule has 4 rings (SSSR count). The SMILES string of the molecule is CCN(c1nnc(-c2ccccc2)nc1Cc1ccccc1)N1CCCCCC1. The van der Waals surface area contributed by atoms with Crippen LogP contribution in [0.2, 0.25) is 0 Å². The Morgan fingerprint density at radius 3 is 2.14 bits per heavy atom. The molecule has 0 spiro atoms. The maximum absolute atomic E-state index is 4.98. The fourth-order valence-electron chi connectivity index (χ4n) is 3.95. The summed E-state index contributed by atoms with van der Waals surface area (Å²) in [6, 6.07) is 20.6. The lowest BCUT2D eigenvalue weighted by Crippen LogP contribution is -2.44. The third-order valence-electron chi connectivity index (χ3n) is 5.45. The number of benzene rings is 2. The van der Waals surface area contributed by atoms with Gasteiger partial charge in [0.05, 0.1) is 5.69 Å². The Kier molecular flexibility index (Phi) is 6.47. The molecule has 1 aliphatic heterocycles. The van der Waals surface area contributed by atoms with Crippen molar-refractivity contribution in [3.8, 4) is 11.4 Å². The average molecular weight is 388 g/mol. The van der Waals surface area contributed by atoms with Crippen LogP contribution in [0.3, 0.4) is 0 Å². The number of nitrogens with zero attached hydrogens (tertiary/aromatic N) is 5. The summed E-state index contributed by atoms with van der Waals surface area (Å²) < 4.78 is 0. The molecule has 2 heterocycles. The molecule has 0 aliphatic carbocycles. The van der Waals surface area contributed by atoms with Crippen molar-refractivity contribution in [3.05, 3.63) is 71.9 Å². The molecule has 1 saturated heterocycles. The van der Waals surface area contributed by atoms with Crippen LogP contribution in [0, 0.1) is 0 Å². The van der Waals surface area contributed by atoms with Gasteiger partial charge in [0.2, 0.25) is 0 Å². The van der Waals surface area contributed by atoms with Gasteiger partial charge in [0.25, 0.3) is 0 Å². The molecule has 1 fully saturated rings. The van der Waals surface area contributed by atoms with E-state index in [2.05, 4.69) is 46.3 Å². The zero-order valence-corrected chi connectivity index (χ0v) is 17.2. The van der Waals surface area contributed by atoms with Crippen LogP contribution in [0.4, 0.5) is 5.82 Å². The van der Waals surface area contributed by atoms with Gasteiger partial charge in [0.1, 0.15) is 0 Å². The first kappa shape index (κ1) is 19.5. The lowest BCUT2D eigenvalue weighted by molar-refractivity contribution is 0.258. The van der Waals surface area contributed by atoms with Crippen LogP contribution in [0.15, 0.2) is 60.7 Å². The molecular formula is C24H29N5. The normalized spacial score (nSPS) is 15.1. The Balaban J connectivity index is 1.72. The van der Waals surface area contributed by atoms with Gasteiger partial charge in [-0.05, 0) is 25.3 Å². The minimum atomic E-state index is 0.687. The topological polar surface area (TPSA) is 45.2 Å². The number of hydrazine groups is 1. The zero-order valence-electron chi connectivity index (χ0n) is 17.2. The zero-order chi connectivity index (χ0) is 19.9. The number of anilines is 1. The van der Waals surface area contributed by atoms with E-state index in [1.54, 1.807) is 0 Å². The van der Waals surface area contributed by atoms with Crippen molar-refractivity contribution < 1.29 is 0 Å². The number of aromatic nitrogens is 3. The first-order valence-electron chi connectivity index (χ1n) is 10.7. The smallest absolute Gasteiger partial charge is 0.187 e. The summed E-state index contributed by atoms with van der Waals surface area (Å²) in [5.74, 6) is 1.57. The molecule has 5 nitrogen and oxygen atoms in total. The summed E-state index contributed by atoms with van der Waals surface area (Å²) in [6.07, 6.45) is 5.82. The fourth-order valence-corrected chi connectivity index (χ4v) is 3.95. The first-order valence-corrected chi connectivity index (χ1v) is 10.7. The molecule has 150 valence electrons. The number of rotatable bonds is 6. The fraction of sp³-hybridized carbons (Fsp3) is 0.375. The summed E-state index contributed by atoms with van der Waals surface area (Å²) in [5, 5.41) is 13.9. The van der Waals surface area contributed by atoms with E-state index in [4.69, 9.17) is 10.1 Å². The van der Waals surface area contributed by atoms with Gasteiger partial charge in [-0.25, -0.2) is 9.99 Å². The van der Waals surface area contributed by atoms with Gasteiger partial charge < -0.3 is 0 Å². The molecule has 0 unspecified atom stereocenters. The van der Waals surface area contributed by atoms with Crippen LogP contribution in [-0.4, -0.2) is 39.8 Å². The van der Waals surface area contributed by atoms with E-state index in [0.717, 1.165) is 43.1 Å². The van der Waals surface area contributed by atoms with Gasteiger partial charge in [0.15, 0.2) is 11.6 Å². The molecule has 1 aromatic heterocycles. The van der Waals surface area contributed by atoms with E-state index in [-0.39, 0.29) is 0 Å². The van der Waals surface area contributed by atoms with Crippen molar-refractivity contribution in [1.82, 2.24) is 20.2 Å². The Morgan fingerprint density at radius 1 is 0.828 bits per heavy atom. The molecule has 0 bridgehead atoms. The summed E-state index contributed by atoms with van der Waals surface area (Å²) in [5.41, 5.74) is 3.22. The largest absolute Gasteiger partial charge is 0.287 e. The first-order chi connectivity index (χ1) is 14.3. The summed E-state index contributed by atoms with van der Waals surface area (Å²) in [6.45, 7) is 5.19. The molecule has 0 amide bonds. The second kappa shape index (κ2) is 9.61. The van der Waals surface area contributed by atoms with Gasteiger partial charge in [-0.1, -0.05) is 73.5 Å². The van der Waals surface area contributed by atoms with Crippen LogP contribution in [0.5, 0.6) is 0 Å². The highest BCUT2D eigenvalue weighted by Crippen LogP contribution is 2.25. The molecule has 0 radical (unpaired) electrons. The molecule has 29 heavy (non-hydrogen) atoms. The molecule has 0 atom stereocenters. The van der Waals surface area contributed by atoms with E-state index in [9.17, 15) is 0 Å². The average Bonchev–Trinajstić information content (AvgIpc) is 3.06. The van der Waals surface area contributed by atoms with E-state index in [1.807, 2.05) is 36.4 Å². The third kappa shape index (κ3) is 4.80. The van der Waals surface area contributed by atoms with Gasteiger partial charge in [-0.2, -0.15) is 0 Å². The van der Waals surface area contributed by atoms with Crippen molar-refractivity contribution in [2.75, 3.05) is 24.6 Å². The number of hydrogen-bond donors (Lipinski definition) is 0. The van der Waals surface area contributed by atoms with Crippen LogP contribution in [0.1, 0.15) is 43.9 Å². The quantitative estimate of drug-likeness (QED) is 0.611. The monoisotopic (exact) mass is 387 g/mol. The van der Waals surface area contributed by atoms with Crippen LogP contribution in [-0.2, 0) is 6.42 Å². The van der Waals surface area contributed by atoms with E-state index in [0.29, 0.717) is 5.82 Å². The van der Waals surface area contributed by atoms with Crippen LogP contribution >= 0.6 is 0 Å². The van der Waals surface area contributed by atoms with Crippen molar-refractivity contribution in [3.63, 3.8) is 0 Å². The highest BCUT2D eigenvalue weighted by molar-refractivity contribution is 5.56. The molecule has 5 heteroatoms. The minimum absolute atomic E-state index is 0.687. The Hall–Kier alpha value is -2.79. The highest BCUT2D eigenvalue weighted by atomic mass is 15.6. The molecule has 3 aromatic rings. The van der Waals surface area contributed by atoms with Crippen molar-refractivity contribution in [2.24, 2.45) is 0 Å². The third-order valence-corrected chi connectivity index (χ3v) is 5.45. The van der Waals surface area contributed by atoms with Gasteiger partial charge in [0, 0.05) is 31.6 Å². The maximum atomic E-state index is 4.98. The predicted octanol–water partition coefficient (Wildman–Crippen LogP) is 4.75. The summed E-state index contributed by atoms with van der Waals surface area (Å²) >= 11 is 0. The van der Waals surface area contributed by atoms with Crippen molar-refractivity contribution in [1.29, 1.82) is 0 Å². The second-order valence-corrected chi connectivity index (χ2v) is 7.52. The van der Waals surface area contributed by atoms with Crippen LogP contribution in [0.25, 0.3) is 11.4 Å². The highest BCUT2D eigenvalue weighted by Gasteiger charge is 2.22. The lowest BCUT2D eigenvalue weighted by atomic mass is 10.1. The molecule has 1 aliphatic rings. The second-order valence-electron chi connectivity index (χ2n) is 7.52. The lowest BCUT2D eigenvalue weighted by Gasteiger charge is -2.34. The van der Waals surface area contributed by atoms with E-state index in [1.165, 1.54) is 31.2 Å². The Morgan fingerprint density at radius 2 is 1.48 bits per heavy atom. The Labute approximate surface area is 173 Å². The van der Waals surface area contributed by atoms with Crippen molar-refractivity contribution in [2.45, 2.75) is 39.0 Å².